The number of anilines is 1. The zero-order chi connectivity index (χ0) is 15.9. The van der Waals surface area contributed by atoms with E-state index in [0.29, 0.717) is 17.4 Å². The third-order valence-corrected chi connectivity index (χ3v) is 5.08. The highest BCUT2D eigenvalue weighted by atomic mass is 32.2. The van der Waals surface area contributed by atoms with Crippen LogP contribution in [0.3, 0.4) is 0 Å². The van der Waals surface area contributed by atoms with Gasteiger partial charge in [0.05, 0.1) is 11.4 Å². The molecule has 0 spiro atoms. The summed E-state index contributed by atoms with van der Waals surface area (Å²) in [5, 5.41) is 0. The summed E-state index contributed by atoms with van der Waals surface area (Å²) in [6.45, 7) is 6.13. The van der Waals surface area contributed by atoms with Crippen molar-refractivity contribution in [3.63, 3.8) is 0 Å². The Bertz CT molecular complexity index is 527. The molecular weight excluding hydrogens is 288 g/mol. The normalized spacial score (nSPS) is 13.3. The molecule has 0 radical (unpaired) electrons. The van der Waals surface area contributed by atoms with Crippen LogP contribution in [0.1, 0.15) is 33.6 Å². The second kappa shape index (κ2) is 8.24. The van der Waals surface area contributed by atoms with Gasteiger partial charge in [-0.2, -0.15) is 0 Å². The highest BCUT2D eigenvalue weighted by Crippen LogP contribution is 2.19. The lowest BCUT2D eigenvalue weighted by Crippen LogP contribution is -2.40. The van der Waals surface area contributed by atoms with E-state index in [1.165, 1.54) is 0 Å². The standard InChI is InChI=1S/C15H26N2O3S/c1-4-13(5-2)12(3)17-21(18,19)11-10-20-15-9-7-6-8-14(15)16/h6-9,12-13,17H,4-5,10-11,16H2,1-3H3. The molecule has 0 aliphatic carbocycles. The van der Waals surface area contributed by atoms with Gasteiger partial charge in [0.25, 0.3) is 0 Å². The molecule has 0 aliphatic heterocycles. The molecule has 0 saturated carbocycles. The summed E-state index contributed by atoms with van der Waals surface area (Å²) in [5.41, 5.74) is 6.24. The lowest BCUT2D eigenvalue weighted by Gasteiger charge is -2.22. The zero-order valence-corrected chi connectivity index (χ0v) is 13.8. The van der Waals surface area contributed by atoms with Crippen LogP contribution in [0.15, 0.2) is 24.3 Å². The number of para-hydroxylation sites is 2. The van der Waals surface area contributed by atoms with E-state index in [0.717, 1.165) is 12.8 Å². The third kappa shape index (κ3) is 5.93. The van der Waals surface area contributed by atoms with Crippen LogP contribution in [0, 0.1) is 5.92 Å². The number of sulfonamides is 1. The van der Waals surface area contributed by atoms with Crippen LogP contribution in [-0.4, -0.2) is 26.8 Å². The number of benzene rings is 1. The largest absolute Gasteiger partial charge is 0.490 e. The Morgan fingerprint density at radius 3 is 2.43 bits per heavy atom. The average Bonchev–Trinajstić information content (AvgIpc) is 2.41. The minimum Gasteiger partial charge on any atom is -0.490 e. The molecule has 21 heavy (non-hydrogen) atoms. The SMILES string of the molecule is CCC(CC)C(C)NS(=O)(=O)CCOc1ccccc1N. The van der Waals surface area contributed by atoms with Crippen molar-refractivity contribution in [2.75, 3.05) is 18.1 Å². The first-order valence-corrected chi connectivity index (χ1v) is 9.02. The van der Waals surface area contributed by atoms with Crippen molar-refractivity contribution in [2.24, 2.45) is 5.92 Å². The number of rotatable bonds is 9. The van der Waals surface area contributed by atoms with Crippen LogP contribution in [0.5, 0.6) is 5.75 Å². The van der Waals surface area contributed by atoms with E-state index in [9.17, 15) is 8.42 Å². The minimum absolute atomic E-state index is 0.0632. The first-order valence-electron chi connectivity index (χ1n) is 7.37. The molecule has 0 amide bonds. The van der Waals surface area contributed by atoms with Crippen molar-refractivity contribution >= 4 is 15.7 Å². The molecule has 1 unspecified atom stereocenters. The molecule has 0 aliphatic rings. The number of ether oxygens (including phenoxy) is 1. The van der Waals surface area contributed by atoms with E-state index in [-0.39, 0.29) is 18.4 Å². The van der Waals surface area contributed by atoms with Gasteiger partial charge in [0, 0.05) is 6.04 Å². The van der Waals surface area contributed by atoms with E-state index >= 15 is 0 Å². The van der Waals surface area contributed by atoms with Gasteiger partial charge in [-0.05, 0) is 25.0 Å². The minimum atomic E-state index is -3.34. The van der Waals surface area contributed by atoms with E-state index < -0.39 is 10.0 Å². The molecule has 0 bridgehead atoms. The van der Waals surface area contributed by atoms with Gasteiger partial charge >= 0.3 is 0 Å². The second-order valence-corrected chi connectivity index (χ2v) is 7.06. The second-order valence-electron chi connectivity index (χ2n) is 5.19. The van der Waals surface area contributed by atoms with Crippen LogP contribution in [0.4, 0.5) is 5.69 Å². The smallest absolute Gasteiger partial charge is 0.215 e. The highest BCUT2D eigenvalue weighted by molar-refractivity contribution is 7.89. The van der Waals surface area contributed by atoms with Crippen molar-refractivity contribution in [2.45, 2.75) is 39.7 Å². The van der Waals surface area contributed by atoms with Gasteiger partial charge < -0.3 is 10.5 Å². The summed E-state index contributed by atoms with van der Waals surface area (Å²) < 4.78 is 32.2. The van der Waals surface area contributed by atoms with Crippen LogP contribution < -0.4 is 15.2 Å². The summed E-state index contributed by atoms with van der Waals surface area (Å²) in [5.74, 6) is 0.789. The molecule has 0 aromatic heterocycles. The molecule has 0 fully saturated rings. The fourth-order valence-electron chi connectivity index (χ4n) is 2.31. The fraction of sp³-hybridized carbons (Fsp3) is 0.600. The van der Waals surface area contributed by atoms with E-state index in [1.807, 2.05) is 6.92 Å². The van der Waals surface area contributed by atoms with E-state index in [4.69, 9.17) is 10.5 Å². The monoisotopic (exact) mass is 314 g/mol. The first kappa shape index (κ1) is 17.8. The predicted octanol–water partition coefficient (Wildman–Crippen LogP) is 2.39. The Morgan fingerprint density at radius 1 is 1.24 bits per heavy atom. The molecule has 5 nitrogen and oxygen atoms in total. The lowest BCUT2D eigenvalue weighted by atomic mass is 9.96. The van der Waals surface area contributed by atoms with Crippen molar-refractivity contribution < 1.29 is 13.2 Å². The maximum atomic E-state index is 12.0. The van der Waals surface area contributed by atoms with Gasteiger partial charge in [-0.1, -0.05) is 38.8 Å². The quantitative estimate of drug-likeness (QED) is 0.686. The van der Waals surface area contributed by atoms with Crippen LogP contribution in [0.25, 0.3) is 0 Å². The summed E-state index contributed by atoms with van der Waals surface area (Å²) in [6.07, 6.45) is 1.91. The van der Waals surface area contributed by atoms with E-state index in [2.05, 4.69) is 18.6 Å². The number of nitrogen functional groups attached to an aromatic ring is 1. The van der Waals surface area contributed by atoms with Gasteiger partial charge in [0.15, 0.2) is 0 Å². The molecule has 6 heteroatoms. The number of hydrogen-bond acceptors (Lipinski definition) is 4. The molecule has 0 heterocycles. The molecule has 3 N–H and O–H groups in total. The summed E-state index contributed by atoms with van der Waals surface area (Å²) in [4.78, 5) is 0. The number of hydrogen-bond donors (Lipinski definition) is 2. The van der Waals surface area contributed by atoms with Crippen molar-refractivity contribution in [3.8, 4) is 5.75 Å². The molecule has 1 atom stereocenters. The van der Waals surface area contributed by atoms with Gasteiger partial charge in [0.1, 0.15) is 12.4 Å². The average molecular weight is 314 g/mol. The van der Waals surface area contributed by atoms with Crippen molar-refractivity contribution in [3.05, 3.63) is 24.3 Å². The first-order chi connectivity index (χ1) is 9.89. The van der Waals surface area contributed by atoms with Gasteiger partial charge in [0.2, 0.25) is 10.0 Å². The number of nitrogens with one attached hydrogen (secondary N) is 1. The Kier molecular flexibility index (Phi) is 6.98. The summed E-state index contributed by atoms with van der Waals surface area (Å²) in [7, 11) is -3.34. The van der Waals surface area contributed by atoms with Crippen molar-refractivity contribution in [1.82, 2.24) is 4.72 Å². The molecule has 1 aromatic rings. The molecular formula is C15H26N2O3S. The Hall–Kier alpha value is -1.27. The number of nitrogens with two attached hydrogens (primary N) is 1. The third-order valence-electron chi connectivity index (χ3n) is 3.65. The maximum Gasteiger partial charge on any atom is 0.215 e. The summed E-state index contributed by atoms with van der Waals surface area (Å²) >= 11 is 0. The predicted molar refractivity (Wildman–Crippen MR) is 86.8 cm³/mol. The molecule has 0 saturated heterocycles. The molecule has 120 valence electrons. The topological polar surface area (TPSA) is 81.4 Å². The lowest BCUT2D eigenvalue weighted by molar-refractivity contribution is 0.340. The fourth-order valence-corrected chi connectivity index (χ4v) is 3.49. The van der Waals surface area contributed by atoms with Crippen LogP contribution in [0.2, 0.25) is 0 Å². The highest BCUT2D eigenvalue weighted by Gasteiger charge is 2.20. The van der Waals surface area contributed by atoms with Gasteiger partial charge in [-0.15, -0.1) is 0 Å². The molecule has 1 rings (SSSR count). The van der Waals surface area contributed by atoms with E-state index in [1.54, 1.807) is 24.3 Å². The molecule has 1 aromatic carbocycles. The Morgan fingerprint density at radius 2 is 1.86 bits per heavy atom. The maximum absolute atomic E-state index is 12.0. The Labute approximate surface area is 127 Å². The van der Waals surface area contributed by atoms with Crippen molar-refractivity contribution in [1.29, 1.82) is 0 Å². The van der Waals surface area contributed by atoms with Gasteiger partial charge in [-0.25, -0.2) is 13.1 Å². The van der Waals surface area contributed by atoms with Crippen LogP contribution >= 0.6 is 0 Å². The Balaban J connectivity index is 2.48. The van der Waals surface area contributed by atoms with Crippen LogP contribution in [-0.2, 0) is 10.0 Å². The zero-order valence-electron chi connectivity index (χ0n) is 13.0. The van der Waals surface area contributed by atoms with Gasteiger partial charge in [-0.3, -0.25) is 0 Å². The summed E-state index contributed by atoms with van der Waals surface area (Å²) in [6, 6.07) is 6.98.